The summed E-state index contributed by atoms with van der Waals surface area (Å²) in [5, 5.41) is 5.31. The lowest BCUT2D eigenvalue weighted by Crippen LogP contribution is -2.07. The highest BCUT2D eigenvalue weighted by Gasteiger charge is 2.13. The third-order valence-electron chi connectivity index (χ3n) is 2.36. The van der Waals surface area contributed by atoms with Gasteiger partial charge in [-0.15, -0.1) is 0 Å². The average Bonchev–Trinajstić information content (AvgIpc) is 2.33. The van der Waals surface area contributed by atoms with Crippen LogP contribution in [-0.4, -0.2) is 16.5 Å². The molecule has 0 aliphatic carbocycles. The monoisotopic (exact) mass is 283 g/mol. The Morgan fingerprint density at radius 2 is 1.65 bits per heavy atom. The minimum Gasteiger partial charge on any atom is -0.370 e. The Bertz CT molecular complexity index is 609. The molecular formula is C12H12F3N5. The Balaban J connectivity index is 2.35. The zero-order valence-corrected chi connectivity index (χ0v) is 10.5. The first-order valence-electron chi connectivity index (χ1n) is 5.79. The van der Waals surface area contributed by atoms with Crippen LogP contribution in [0.5, 0.6) is 0 Å². The van der Waals surface area contributed by atoms with Gasteiger partial charge in [0.2, 0.25) is 5.95 Å². The van der Waals surface area contributed by atoms with Crippen LogP contribution in [0.4, 0.5) is 36.4 Å². The van der Waals surface area contributed by atoms with Crippen LogP contribution in [0.2, 0.25) is 0 Å². The lowest BCUT2D eigenvalue weighted by atomic mass is 10.2. The van der Waals surface area contributed by atoms with Crippen molar-refractivity contribution in [3.05, 3.63) is 35.7 Å². The topological polar surface area (TPSA) is 75.9 Å². The lowest BCUT2D eigenvalue weighted by molar-refractivity contribution is 0.549. The fourth-order valence-electron chi connectivity index (χ4n) is 1.59. The molecule has 0 bridgehead atoms. The Morgan fingerprint density at radius 1 is 1.05 bits per heavy atom. The Hall–Kier alpha value is -2.51. The van der Waals surface area contributed by atoms with Crippen molar-refractivity contribution in [1.29, 1.82) is 0 Å². The Kier molecular flexibility index (Phi) is 3.92. The highest BCUT2D eigenvalue weighted by Crippen LogP contribution is 2.24. The number of aromatic nitrogens is 2. The van der Waals surface area contributed by atoms with Crippen molar-refractivity contribution in [2.24, 2.45) is 0 Å². The predicted octanol–water partition coefficient (Wildman–Crippen LogP) is 2.65. The van der Waals surface area contributed by atoms with Gasteiger partial charge >= 0.3 is 0 Å². The second kappa shape index (κ2) is 5.64. The minimum absolute atomic E-state index is 0.0612. The number of hydrogen-bond acceptors (Lipinski definition) is 5. The van der Waals surface area contributed by atoms with E-state index in [1.165, 1.54) is 6.07 Å². The molecule has 4 N–H and O–H groups in total. The zero-order valence-electron chi connectivity index (χ0n) is 10.5. The molecule has 0 saturated heterocycles. The van der Waals surface area contributed by atoms with Crippen LogP contribution in [0.15, 0.2) is 18.2 Å². The summed E-state index contributed by atoms with van der Waals surface area (Å²) in [4.78, 5) is 7.70. The molecule has 0 fully saturated rings. The van der Waals surface area contributed by atoms with Crippen molar-refractivity contribution in [1.82, 2.24) is 9.97 Å². The summed E-state index contributed by atoms with van der Waals surface area (Å²) >= 11 is 0. The number of rotatable bonds is 4. The van der Waals surface area contributed by atoms with E-state index in [-0.39, 0.29) is 11.8 Å². The quantitative estimate of drug-likeness (QED) is 0.804. The first-order valence-corrected chi connectivity index (χ1v) is 5.79. The molecule has 2 rings (SSSR count). The largest absolute Gasteiger partial charge is 0.370 e. The molecular weight excluding hydrogens is 271 g/mol. The average molecular weight is 283 g/mol. The van der Waals surface area contributed by atoms with Gasteiger partial charge in [-0.2, -0.15) is 9.97 Å². The van der Waals surface area contributed by atoms with E-state index in [9.17, 15) is 13.2 Å². The van der Waals surface area contributed by atoms with Gasteiger partial charge in [-0.25, -0.2) is 13.2 Å². The maximum absolute atomic E-state index is 13.5. The molecule has 1 aromatic heterocycles. The molecule has 106 valence electrons. The molecule has 0 aliphatic heterocycles. The smallest absolute Gasteiger partial charge is 0.223 e. The second-order valence-electron chi connectivity index (χ2n) is 3.90. The minimum atomic E-state index is -1.07. The van der Waals surface area contributed by atoms with Gasteiger partial charge in [0.1, 0.15) is 23.1 Å². The Morgan fingerprint density at radius 3 is 2.25 bits per heavy atom. The van der Waals surface area contributed by atoms with Gasteiger partial charge in [0, 0.05) is 24.7 Å². The van der Waals surface area contributed by atoms with Crippen molar-refractivity contribution >= 4 is 23.3 Å². The predicted molar refractivity (Wildman–Crippen MR) is 70.2 cm³/mol. The number of nitrogens with two attached hydrogens (primary N) is 1. The maximum Gasteiger partial charge on any atom is 0.223 e. The van der Waals surface area contributed by atoms with Crippen molar-refractivity contribution in [3.63, 3.8) is 0 Å². The van der Waals surface area contributed by atoms with Crippen molar-refractivity contribution in [2.75, 3.05) is 22.9 Å². The summed E-state index contributed by atoms with van der Waals surface area (Å²) in [6, 6.07) is 2.57. The molecule has 0 aliphatic rings. The van der Waals surface area contributed by atoms with Crippen molar-refractivity contribution in [2.45, 2.75) is 6.92 Å². The van der Waals surface area contributed by atoms with Crippen LogP contribution < -0.4 is 16.4 Å². The van der Waals surface area contributed by atoms with E-state index in [0.29, 0.717) is 24.5 Å². The van der Waals surface area contributed by atoms with E-state index in [4.69, 9.17) is 5.73 Å². The summed E-state index contributed by atoms with van der Waals surface area (Å²) in [5.74, 6) is -2.69. The van der Waals surface area contributed by atoms with E-state index in [2.05, 4.69) is 20.6 Å². The van der Waals surface area contributed by atoms with E-state index in [0.717, 1.165) is 0 Å². The number of halogens is 3. The number of benzene rings is 1. The van der Waals surface area contributed by atoms with Gasteiger partial charge in [-0.1, -0.05) is 0 Å². The van der Waals surface area contributed by atoms with Gasteiger partial charge in [-0.3, -0.25) is 0 Å². The normalized spacial score (nSPS) is 10.4. The molecule has 0 atom stereocenters. The van der Waals surface area contributed by atoms with Crippen LogP contribution in [0.25, 0.3) is 0 Å². The van der Waals surface area contributed by atoms with Crippen molar-refractivity contribution < 1.29 is 13.2 Å². The van der Waals surface area contributed by atoms with Crippen LogP contribution in [0.1, 0.15) is 6.92 Å². The standard InChI is InChI=1S/C12H12F3N5/c1-2-17-9-5-10(20-12(16)19-9)18-11-7(14)3-6(13)4-8(11)15/h3-5H,2H2,1H3,(H4,16,17,18,19,20). The second-order valence-corrected chi connectivity index (χ2v) is 3.90. The highest BCUT2D eigenvalue weighted by molar-refractivity contribution is 5.61. The van der Waals surface area contributed by atoms with E-state index < -0.39 is 23.1 Å². The zero-order chi connectivity index (χ0) is 14.7. The van der Waals surface area contributed by atoms with E-state index >= 15 is 0 Å². The molecule has 8 heteroatoms. The fourth-order valence-corrected chi connectivity index (χ4v) is 1.59. The summed E-state index contributed by atoms with van der Waals surface area (Å²) in [7, 11) is 0. The maximum atomic E-state index is 13.5. The molecule has 0 unspecified atom stereocenters. The van der Waals surface area contributed by atoms with Crippen LogP contribution in [0, 0.1) is 17.5 Å². The van der Waals surface area contributed by atoms with Gasteiger partial charge < -0.3 is 16.4 Å². The number of nitrogens with zero attached hydrogens (tertiary/aromatic N) is 2. The number of nitrogen functional groups attached to an aromatic ring is 1. The molecule has 1 heterocycles. The van der Waals surface area contributed by atoms with Gasteiger partial charge in [0.05, 0.1) is 0 Å². The lowest BCUT2D eigenvalue weighted by Gasteiger charge is -2.10. The third-order valence-corrected chi connectivity index (χ3v) is 2.36. The SMILES string of the molecule is CCNc1cc(Nc2c(F)cc(F)cc2F)nc(N)n1. The molecule has 0 saturated carbocycles. The van der Waals surface area contributed by atoms with E-state index in [1.54, 1.807) is 0 Å². The number of anilines is 4. The molecule has 0 spiro atoms. The summed E-state index contributed by atoms with van der Waals surface area (Å²) in [6.07, 6.45) is 0. The highest BCUT2D eigenvalue weighted by atomic mass is 19.1. The molecule has 0 amide bonds. The first-order chi connectivity index (χ1) is 9.49. The van der Waals surface area contributed by atoms with Crippen LogP contribution in [-0.2, 0) is 0 Å². The molecule has 2 aromatic rings. The molecule has 1 aromatic carbocycles. The fraction of sp³-hybridized carbons (Fsp3) is 0.167. The summed E-state index contributed by atoms with van der Waals surface area (Å²) < 4.78 is 39.8. The van der Waals surface area contributed by atoms with Crippen LogP contribution in [0.3, 0.4) is 0 Å². The van der Waals surface area contributed by atoms with Crippen molar-refractivity contribution in [3.8, 4) is 0 Å². The molecule has 5 nitrogen and oxygen atoms in total. The van der Waals surface area contributed by atoms with Gasteiger partial charge in [0.15, 0.2) is 11.6 Å². The Labute approximate surface area is 113 Å². The number of hydrogen-bond donors (Lipinski definition) is 3. The third kappa shape index (κ3) is 3.08. The molecule has 20 heavy (non-hydrogen) atoms. The summed E-state index contributed by atoms with van der Waals surface area (Å²) in [6.45, 7) is 2.44. The van der Waals surface area contributed by atoms with Gasteiger partial charge in [0.25, 0.3) is 0 Å². The van der Waals surface area contributed by atoms with E-state index in [1.807, 2.05) is 6.92 Å². The summed E-state index contributed by atoms with van der Waals surface area (Å²) in [5.41, 5.74) is 4.99. The first kappa shape index (κ1) is 13.9. The van der Waals surface area contributed by atoms with Crippen LogP contribution >= 0.6 is 0 Å². The molecule has 0 radical (unpaired) electrons. The number of nitrogens with one attached hydrogen (secondary N) is 2. The van der Waals surface area contributed by atoms with Gasteiger partial charge in [-0.05, 0) is 6.92 Å².